The summed E-state index contributed by atoms with van der Waals surface area (Å²) in [5.41, 5.74) is 15.4. The van der Waals surface area contributed by atoms with E-state index in [0.29, 0.717) is 0 Å². The zero-order chi connectivity index (χ0) is 22.8. The van der Waals surface area contributed by atoms with Crippen LogP contribution in [0.1, 0.15) is 0 Å². The molecule has 0 atom stereocenters. The summed E-state index contributed by atoms with van der Waals surface area (Å²) in [7, 11) is 0. The maximum absolute atomic E-state index is 7.25. The Balaban J connectivity index is 0.000000198. The largest absolute Gasteiger partial charge is 0.254 e. The van der Waals surface area contributed by atoms with Gasteiger partial charge in [0.05, 0.1) is 22.1 Å². The molecule has 0 fully saturated rings. The van der Waals surface area contributed by atoms with Crippen molar-refractivity contribution in [2.45, 2.75) is 0 Å². The van der Waals surface area contributed by atoms with Crippen molar-refractivity contribution in [3.05, 3.63) is 97.6 Å². The fraction of sp³-hybridized carbons (Fsp3) is 0. The molecule has 0 aliphatic carbocycles. The van der Waals surface area contributed by atoms with E-state index in [-0.39, 0.29) is 17.1 Å². The molecule has 0 unspecified atom stereocenters. The van der Waals surface area contributed by atoms with Crippen molar-refractivity contribution in [3.8, 4) is 0 Å². The van der Waals surface area contributed by atoms with Gasteiger partial charge >= 0.3 is 20.5 Å². The van der Waals surface area contributed by atoms with E-state index in [0.717, 1.165) is 43.6 Å². The molecule has 0 aliphatic heterocycles. The van der Waals surface area contributed by atoms with Gasteiger partial charge in [-0.25, -0.2) is 0 Å². The number of rotatable bonds is 0. The van der Waals surface area contributed by atoms with E-state index in [4.69, 9.17) is 20.5 Å². The van der Waals surface area contributed by atoms with Gasteiger partial charge in [-0.15, -0.1) is 0 Å². The second kappa shape index (κ2) is 12.7. The van der Waals surface area contributed by atoms with E-state index in [1.54, 1.807) is 24.8 Å². The number of fused-ring (bicyclic) bond motifs is 6. The second-order valence-corrected chi connectivity index (χ2v) is 6.43. The number of nitrogens with zero attached hydrogens (tertiary/aromatic N) is 6. The van der Waals surface area contributed by atoms with Crippen LogP contribution in [0, 0.1) is 10.9 Å². The number of hydrogen-bond donors (Lipinski definition) is 0. The van der Waals surface area contributed by atoms with Crippen LogP contribution in [-0.2, 0) is 26.6 Å². The summed E-state index contributed by atoms with van der Waals surface area (Å²) in [5, 5.41) is 4.55. The summed E-state index contributed by atoms with van der Waals surface area (Å²) >= 11 is 0. The van der Waals surface area contributed by atoms with Gasteiger partial charge in [0.15, 0.2) is 0 Å². The summed E-state index contributed by atoms with van der Waals surface area (Å²) in [6.07, 6.45) is 7.21. The number of pyridine rings is 4. The minimum absolute atomic E-state index is 0. The van der Waals surface area contributed by atoms with Gasteiger partial charge in [0.25, 0.3) is 0 Å². The summed E-state index contributed by atoms with van der Waals surface area (Å²) in [6.45, 7) is 0. The van der Waals surface area contributed by atoms with Gasteiger partial charge in [-0.05, 0) is 24.3 Å². The van der Waals surface area contributed by atoms with Crippen LogP contribution in [0.5, 0.6) is 0 Å². The Morgan fingerprint density at radius 2 is 0.606 bits per heavy atom. The molecule has 160 valence electrons. The number of benzene rings is 2. The van der Waals surface area contributed by atoms with E-state index in [2.05, 4.69) is 68.5 Å². The van der Waals surface area contributed by atoms with Crippen LogP contribution in [0.25, 0.3) is 43.6 Å². The maximum Gasteiger partial charge on any atom is 0.0964 e. The summed E-state index contributed by atoms with van der Waals surface area (Å²) < 4.78 is 14.5. The van der Waals surface area contributed by atoms with Gasteiger partial charge in [0.1, 0.15) is 0 Å². The van der Waals surface area contributed by atoms with Crippen LogP contribution < -0.4 is 0 Å². The molecular weight excluding hydrogens is 460 g/mol. The summed E-state index contributed by atoms with van der Waals surface area (Å²) in [5.74, 6) is 0. The van der Waals surface area contributed by atoms with Gasteiger partial charge in [-0.3, -0.25) is 19.9 Å². The summed E-state index contributed by atoms with van der Waals surface area (Å²) in [4.78, 5) is 17.4. The van der Waals surface area contributed by atoms with E-state index in [1.807, 2.05) is 24.3 Å². The Morgan fingerprint density at radius 3 is 0.818 bits per heavy atom. The molecule has 8 nitrogen and oxygen atoms in total. The molecule has 0 saturated carbocycles. The zero-order valence-electron chi connectivity index (χ0n) is 17.1. The third kappa shape index (κ3) is 5.60. The Labute approximate surface area is 198 Å². The first-order valence-corrected chi connectivity index (χ1v) is 9.44. The molecule has 4 heterocycles. The molecule has 0 N–H and O–H groups in total. The average molecular weight is 476 g/mol. The topological polar surface area (TPSA) is 139 Å². The normalized spacial score (nSPS) is 9.33. The molecule has 0 bridgehead atoms. The van der Waals surface area contributed by atoms with E-state index < -0.39 is 0 Å². The smallest absolute Gasteiger partial charge is 0.0964 e. The third-order valence-corrected chi connectivity index (χ3v) is 4.69. The van der Waals surface area contributed by atoms with Crippen molar-refractivity contribution >= 4 is 43.6 Å². The SMILES string of the molecule is N#[O+].N#[O+].[Fe].c1cnc2c(c1)ccc1cccnc12.c1cnc2c(c1)ccc1cccnc12. The minimum Gasteiger partial charge on any atom is -0.254 e. The molecule has 0 spiro atoms. The van der Waals surface area contributed by atoms with Gasteiger partial charge in [-0.1, -0.05) is 48.5 Å². The fourth-order valence-corrected chi connectivity index (χ4v) is 3.36. The molecule has 0 radical (unpaired) electrons. The number of aromatic nitrogens is 4. The molecule has 33 heavy (non-hydrogen) atoms. The Hall–Kier alpha value is -4.06. The molecule has 4 aromatic heterocycles. The Bertz CT molecular complexity index is 1310. The van der Waals surface area contributed by atoms with Crippen LogP contribution in [-0.4, -0.2) is 19.9 Å². The van der Waals surface area contributed by atoms with Crippen molar-refractivity contribution in [2.24, 2.45) is 0 Å². The van der Waals surface area contributed by atoms with E-state index in [9.17, 15) is 0 Å². The van der Waals surface area contributed by atoms with E-state index in [1.165, 1.54) is 0 Å². The molecule has 0 amide bonds. The molecule has 2 aromatic carbocycles. The first-order valence-electron chi connectivity index (χ1n) is 9.44. The first kappa shape index (κ1) is 25.2. The fourth-order valence-electron chi connectivity index (χ4n) is 3.36. The molecular formula is C24H16FeN6O2+2. The molecule has 6 rings (SSSR count). The van der Waals surface area contributed by atoms with Crippen LogP contribution in [0.15, 0.2) is 97.6 Å². The predicted molar refractivity (Wildman–Crippen MR) is 119 cm³/mol. The average Bonchev–Trinajstić information content (AvgIpc) is 2.91. The van der Waals surface area contributed by atoms with Crippen molar-refractivity contribution in [3.63, 3.8) is 0 Å². The van der Waals surface area contributed by atoms with Crippen molar-refractivity contribution in [2.75, 3.05) is 0 Å². The van der Waals surface area contributed by atoms with Crippen LogP contribution in [0.3, 0.4) is 0 Å². The van der Waals surface area contributed by atoms with Gasteiger partial charge in [0.2, 0.25) is 0 Å². The summed E-state index contributed by atoms with van der Waals surface area (Å²) in [6, 6.07) is 24.3. The monoisotopic (exact) mass is 476 g/mol. The zero-order valence-corrected chi connectivity index (χ0v) is 18.2. The molecule has 9 heteroatoms. The predicted octanol–water partition coefficient (Wildman–Crippen LogP) is 5.36. The van der Waals surface area contributed by atoms with Crippen LogP contribution >= 0.6 is 0 Å². The van der Waals surface area contributed by atoms with Crippen LogP contribution in [0.4, 0.5) is 0 Å². The Kier molecular flexibility index (Phi) is 9.71. The first-order chi connectivity index (χ1) is 15.9. The van der Waals surface area contributed by atoms with Crippen molar-refractivity contribution in [1.29, 1.82) is 10.9 Å². The number of hydrogen-bond acceptors (Lipinski definition) is 6. The standard InChI is InChI=1S/2C12H8N2.Fe.2NO/c2*1-3-9-5-6-10-4-2-8-14-12(10)11(9)13-7-1;;2*1-2/h2*1-8H;;;/q;;;2*+1. The Morgan fingerprint density at radius 1 is 0.394 bits per heavy atom. The van der Waals surface area contributed by atoms with Gasteiger partial charge in [0, 0.05) is 63.4 Å². The van der Waals surface area contributed by atoms with Crippen LogP contribution in [0.2, 0.25) is 0 Å². The minimum atomic E-state index is 0. The molecule has 0 aliphatic rings. The third-order valence-electron chi connectivity index (χ3n) is 4.69. The second-order valence-electron chi connectivity index (χ2n) is 6.43. The van der Waals surface area contributed by atoms with Gasteiger partial charge in [-0.2, -0.15) is 0 Å². The van der Waals surface area contributed by atoms with Crippen molar-refractivity contribution < 1.29 is 26.6 Å². The van der Waals surface area contributed by atoms with E-state index >= 15 is 0 Å². The van der Waals surface area contributed by atoms with Gasteiger partial charge < -0.3 is 0 Å². The molecule has 6 aromatic rings. The maximum atomic E-state index is 7.25. The molecule has 0 saturated heterocycles. The van der Waals surface area contributed by atoms with Crippen molar-refractivity contribution in [1.82, 2.24) is 19.9 Å². The quantitative estimate of drug-likeness (QED) is 0.164.